The zero-order valence-electron chi connectivity index (χ0n) is 10.1. The van der Waals surface area contributed by atoms with E-state index in [1.165, 1.54) is 27.1 Å². The van der Waals surface area contributed by atoms with Crippen molar-refractivity contribution < 1.29 is 0 Å². The van der Waals surface area contributed by atoms with Gasteiger partial charge in [0.25, 0.3) is 0 Å². The van der Waals surface area contributed by atoms with E-state index in [9.17, 15) is 0 Å². The lowest BCUT2D eigenvalue weighted by Gasteiger charge is -2.08. The smallest absolute Gasteiger partial charge is 0.182 e. The van der Waals surface area contributed by atoms with Crippen LogP contribution in [-0.2, 0) is 0 Å². The van der Waals surface area contributed by atoms with Crippen LogP contribution >= 0.6 is 11.3 Å². The van der Waals surface area contributed by atoms with E-state index in [2.05, 4.69) is 43.2 Å². The molecule has 0 aliphatic rings. The van der Waals surface area contributed by atoms with Crippen LogP contribution in [0, 0.1) is 20.8 Å². The van der Waals surface area contributed by atoms with Crippen LogP contribution in [0.4, 0.5) is 5.13 Å². The van der Waals surface area contributed by atoms with Gasteiger partial charge in [-0.2, -0.15) is 0 Å². The number of hydrogen-bond acceptors (Lipinski definition) is 3. The molecule has 2 nitrogen and oxygen atoms in total. The van der Waals surface area contributed by atoms with Gasteiger partial charge in [0.05, 0.1) is 4.88 Å². The van der Waals surface area contributed by atoms with Crippen molar-refractivity contribution >= 4 is 16.5 Å². The molecule has 0 bridgehead atoms. The van der Waals surface area contributed by atoms with Gasteiger partial charge >= 0.3 is 0 Å². The van der Waals surface area contributed by atoms with Crippen LogP contribution < -0.4 is 5.32 Å². The molecule has 0 atom stereocenters. The Morgan fingerprint density at radius 2 is 1.75 bits per heavy atom. The lowest BCUT2D eigenvalue weighted by Crippen LogP contribution is -1.87. The summed E-state index contributed by atoms with van der Waals surface area (Å²) in [7, 11) is 1.90. The summed E-state index contributed by atoms with van der Waals surface area (Å²) in [6.45, 7) is 6.46. The summed E-state index contributed by atoms with van der Waals surface area (Å²) < 4.78 is 0. The number of benzene rings is 1. The Labute approximate surface area is 100 Å². The molecule has 0 fully saturated rings. The van der Waals surface area contributed by atoms with Crippen molar-refractivity contribution in [2.24, 2.45) is 0 Å². The Morgan fingerprint density at radius 1 is 1.12 bits per heavy atom. The molecule has 3 heteroatoms. The molecule has 84 valence electrons. The van der Waals surface area contributed by atoms with Crippen LogP contribution in [0.2, 0.25) is 0 Å². The fourth-order valence-corrected chi connectivity index (χ4v) is 3.02. The van der Waals surface area contributed by atoms with Gasteiger partial charge in [0, 0.05) is 13.2 Å². The third-order valence-electron chi connectivity index (χ3n) is 2.64. The first-order chi connectivity index (χ1) is 7.61. The molecule has 0 spiro atoms. The van der Waals surface area contributed by atoms with Crippen molar-refractivity contribution in [1.82, 2.24) is 4.98 Å². The van der Waals surface area contributed by atoms with Crippen molar-refractivity contribution in [2.45, 2.75) is 20.8 Å². The minimum Gasteiger partial charge on any atom is -0.365 e. The lowest BCUT2D eigenvalue weighted by molar-refractivity contribution is 1.32. The lowest BCUT2D eigenvalue weighted by atomic mass is 9.99. The molecule has 0 unspecified atom stereocenters. The SMILES string of the molecule is CNc1ncc(-c2c(C)cc(C)cc2C)s1. The molecule has 0 aliphatic heterocycles. The van der Waals surface area contributed by atoms with Gasteiger partial charge < -0.3 is 5.32 Å². The van der Waals surface area contributed by atoms with Gasteiger partial charge in [-0.1, -0.05) is 29.0 Å². The summed E-state index contributed by atoms with van der Waals surface area (Å²) in [6, 6.07) is 4.45. The molecule has 1 aromatic carbocycles. The van der Waals surface area contributed by atoms with Crippen LogP contribution in [0.5, 0.6) is 0 Å². The summed E-state index contributed by atoms with van der Waals surface area (Å²) in [4.78, 5) is 5.56. The highest BCUT2D eigenvalue weighted by atomic mass is 32.1. The fourth-order valence-electron chi connectivity index (χ4n) is 2.07. The number of aromatic nitrogens is 1. The number of nitrogens with zero attached hydrogens (tertiary/aromatic N) is 1. The third-order valence-corrected chi connectivity index (χ3v) is 3.68. The standard InChI is InChI=1S/C13H16N2S/c1-8-5-9(2)12(10(3)6-8)11-7-15-13(14-4)16-11/h5-7H,1-4H3,(H,14,15). The first-order valence-corrected chi connectivity index (χ1v) is 6.15. The minimum atomic E-state index is 0.967. The van der Waals surface area contributed by atoms with Crippen molar-refractivity contribution in [1.29, 1.82) is 0 Å². The quantitative estimate of drug-likeness (QED) is 0.852. The number of rotatable bonds is 2. The van der Waals surface area contributed by atoms with Crippen molar-refractivity contribution in [3.05, 3.63) is 35.0 Å². The topological polar surface area (TPSA) is 24.9 Å². The average molecular weight is 232 g/mol. The zero-order chi connectivity index (χ0) is 11.7. The van der Waals surface area contributed by atoms with E-state index in [0.29, 0.717) is 0 Å². The number of thiazole rings is 1. The van der Waals surface area contributed by atoms with Gasteiger partial charge in [-0.15, -0.1) is 0 Å². The van der Waals surface area contributed by atoms with Crippen molar-refractivity contribution in [3.8, 4) is 10.4 Å². The predicted molar refractivity (Wildman–Crippen MR) is 71.3 cm³/mol. The zero-order valence-corrected chi connectivity index (χ0v) is 10.9. The van der Waals surface area contributed by atoms with Gasteiger partial charge in [-0.05, 0) is 37.5 Å². The summed E-state index contributed by atoms with van der Waals surface area (Å²) >= 11 is 1.70. The van der Waals surface area contributed by atoms with E-state index >= 15 is 0 Å². The van der Waals surface area contributed by atoms with Crippen LogP contribution in [0.25, 0.3) is 10.4 Å². The van der Waals surface area contributed by atoms with Gasteiger partial charge in [0.1, 0.15) is 0 Å². The minimum absolute atomic E-state index is 0.967. The first-order valence-electron chi connectivity index (χ1n) is 5.33. The summed E-state index contributed by atoms with van der Waals surface area (Å²) in [5, 5.41) is 4.04. The molecule has 0 amide bonds. The van der Waals surface area contributed by atoms with Crippen LogP contribution in [0.1, 0.15) is 16.7 Å². The molecule has 1 aromatic heterocycles. The maximum atomic E-state index is 4.32. The maximum Gasteiger partial charge on any atom is 0.182 e. The molecule has 0 radical (unpaired) electrons. The fraction of sp³-hybridized carbons (Fsp3) is 0.308. The number of anilines is 1. The molecular weight excluding hydrogens is 216 g/mol. The van der Waals surface area contributed by atoms with E-state index in [0.717, 1.165) is 5.13 Å². The molecule has 1 heterocycles. The average Bonchev–Trinajstić information content (AvgIpc) is 2.64. The molecule has 0 saturated carbocycles. The second-order valence-corrected chi connectivity index (χ2v) is 5.08. The largest absolute Gasteiger partial charge is 0.365 e. The van der Waals surface area contributed by atoms with Gasteiger partial charge in [-0.3, -0.25) is 0 Å². The van der Waals surface area contributed by atoms with Gasteiger partial charge in [0.2, 0.25) is 0 Å². The molecule has 16 heavy (non-hydrogen) atoms. The molecule has 0 aliphatic carbocycles. The summed E-state index contributed by atoms with van der Waals surface area (Å²) in [5.74, 6) is 0. The van der Waals surface area contributed by atoms with E-state index in [1.54, 1.807) is 11.3 Å². The van der Waals surface area contributed by atoms with Crippen LogP contribution in [0.3, 0.4) is 0 Å². The Morgan fingerprint density at radius 3 is 2.25 bits per heavy atom. The monoisotopic (exact) mass is 232 g/mol. The Bertz CT molecular complexity index is 491. The second-order valence-electron chi connectivity index (χ2n) is 4.05. The highest BCUT2D eigenvalue weighted by Gasteiger charge is 2.09. The molecular formula is C13H16N2S. The molecule has 2 aromatic rings. The summed E-state index contributed by atoms with van der Waals surface area (Å²) in [6.07, 6.45) is 1.95. The van der Waals surface area contributed by atoms with Gasteiger partial charge in [-0.25, -0.2) is 4.98 Å². The Balaban J connectivity index is 2.55. The molecule has 0 saturated heterocycles. The Kier molecular flexibility index (Phi) is 2.97. The normalized spacial score (nSPS) is 10.5. The van der Waals surface area contributed by atoms with Crippen molar-refractivity contribution in [3.63, 3.8) is 0 Å². The maximum absolute atomic E-state index is 4.32. The van der Waals surface area contributed by atoms with Crippen LogP contribution in [-0.4, -0.2) is 12.0 Å². The van der Waals surface area contributed by atoms with E-state index < -0.39 is 0 Å². The van der Waals surface area contributed by atoms with Crippen LogP contribution in [0.15, 0.2) is 18.3 Å². The van der Waals surface area contributed by atoms with E-state index in [1.807, 2.05) is 13.2 Å². The summed E-state index contributed by atoms with van der Waals surface area (Å²) in [5.41, 5.74) is 5.29. The number of hydrogen-bond donors (Lipinski definition) is 1. The second kappa shape index (κ2) is 4.26. The first kappa shape index (κ1) is 11.1. The van der Waals surface area contributed by atoms with E-state index in [4.69, 9.17) is 0 Å². The van der Waals surface area contributed by atoms with E-state index in [-0.39, 0.29) is 0 Å². The Hall–Kier alpha value is -1.35. The molecule has 1 N–H and O–H groups in total. The van der Waals surface area contributed by atoms with Gasteiger partial charge in [0.15, 0.2) is 5.13 Å². The number of aryl methyl sites for hydroxylation is 3. The highest BCUT2D eigenvalue weighted by Crippen LogP contribution is 2.33. The number of nitrogens with one attached hydrogen (secondary N) is 1. The highest BCUT2D eigenvalue weighted by molar-refractivity contribution is 7.18. The van der Waals surface area contributed by atoms with Crippen molar-refractivity contribution in [2.75, 3.05) is 12.4 Å². The third kappa shape index (κ3) is 1.95. The molecule has 2 rings (SSSR count). The predicted octanol–water partition coefficient (Wildman–Crippen LogP) is 3.78.